The molecule has 0 atom stereocenters. The first-order chi connectivity index (χ1) is 10.2. The minimum absolute atomic E-state index is 0.0663. The number of benzene rings is 1. The summed E-state index contributed by atoms with van der Waals surface area (Å²) < 4.78 is 5.15. The van der Waals surface area contributed by atoms with Crippen LogP contribution in [-0.4, -0.2) is 13.1 Å². The Kier molecular flexibility index (Phi) is 2.76. The molecule has 1 aromatic rings. The van der Waals surface area contributed by atoms with E-state index in [9.17, 15) is 4.79 Å². The molecule has 2 nitrogen and oxygen atoms in total. The summed E-state index contributed by atoms with van der Waals surface area (Å²) in [7, 11) is 1.55. The lowest BCUT2D eigenvalue weighted by Gasteiger charge is -2.56. The van der Waals surface area contributed by atoms with Gasteiger partial charge in [0.05, 0.1) is 12.5 Å². The van der Waals surface area contributed by atoms with Crippen LogP contribution in [0, 0.1) is 10.8 Å². The van der Waals surface area contributed by atoms with Crippen LogP contribution >= 0.6 is 0 Å². The molecule has 2 bridgehead atoms. The molecule has 0 saturated heterocycles. The van der Waals surface area contributed by atoms with E-state index in [1.54, 1.807) is 7.11 Å². The first-order valence-electron chi connectivity index (χ1n) is 8.31. The number of carbonyl (C=O) groups excluding carboxylic acids is 1. The summed E-state index contributed by atoms with van der Waals surface area (Å²) in [6.07, 6.45) is 9.46. The Bertz CT molecular complexity index is 532. The SMILES string of the molecule is COC(=O)C1(C23CCC(c4ccccc4)(CC2)CC3)CC1. The second-order valence-corrected chi connectivity index (χ2v) is 7.50. The Balaban J connectivity index is 1.61. The molecule has 21 heavy (non-hydrogen) atoms. The highest BCUT2D eigenvalue weighted by Crippen LogP contribution is 2.71. The zero-order valence-corrected chi connectivity index (χ0v) is 12.9. The van der Waals surface area contributed by atoms with Crippen LogP contribution in [0.1, 0.15) is 56.9 Å². The molecular weight excluding hydrogens is 260 g/mol. The van der Waals surface area contributed by atoms with Gasteiger partial charge in [-0.15, -0.1) is 0 Å². The maximum absolute atomic E-state index is 12.3. The number of carbonyl (C=O) groups is 1. The highest BCUT2D eigenvalue weighted by atomic mass is 16.5. The lowest BCUT2D eigenvalue weighted by atomic mass is 9.47. The summed E-state index contributed by atoms with van der Waals surface area (Å²) in [5, 5.41) is 0. The highest BCUT2D eigenvalue weighted by molar-refractivity contribution is 5.81. The van der Waals surface area contributed by atoms with Crippen LogP contribution in [0.2, 0.25) is 0 Å². The normalized spacial score (nSPS) is 36.2. The van der Waals surface area contributed by atoms with Crippen molar-refractivity contribution < 1.29 is 9.53 Å². The quantitative estimate of drug-likeness (QED) is 0.776. The van der Waals surface area contributed by atoms with Crippen molar-refractivity contribution in [1.29, 1.82) is 0 Å². The fourth-order valence-electron chi connectivity index (χ4n) is 5.40. The predicted molar refractivity (Wildman–Crippen MR) is 81.9 cm³/mol. The summed E-state index contributed by atoms with van der Waals surface area (Å²) >= 11 is 0. The molecule has 0 aromatic heterocycles. The minimum Gasteiger partial charge on any atom is -0.469 e. The van der Waals surface area contributed by atoms with Crippen LogP contribution in [0.5, 0.6) is 0 Å². The molecule has 5 rings (SSSR count). The van der Waals surface area contributed by atoms with Crippen molar-refractivity contribution >= 4 is 5.97 Å². The van der Waals surface area contributed by atoms with Crippen molar-refractivity contribution in [1.82, 2.24) is 0 Å². The number of rotatable bonds is 3. The number of esters is 1. The Morgan fingerprint density at radius 2 is 1.48 bits per heavy atom. The standard InChI is InChI=1S/C19H24O2/c1-21-16(20)19(13-14-19)18-10-7-17(8-11-18,9-12-18)15-5-3-2-4-6-15/h2-6H,7-14H2,1H3. The van der Waals surface area contributed by atoms with Gasteiger partial charge in [-0.05, 0) is 67.8 Å². The van der Waals surface area contributed by atoms with E-state index >= 15 is 0 Å². The summed E-state index contributed by atoms with van der Waals surface area (Å²) in [5.74, 6) is 0.0663. The van der Waals surface area contributed by atoms with E-state index < -0.39 is 0 Å². The topological polar surface area (TPSA) is 26.3 Å². The zero-order chi connectivity index (χ0) is 14.6. The predicted octanol–water partition coefficient (Wildman–Crippen LogP) is 4.23. The van der Waals surface area contributed by atoms with E-state index in [0.717, 1.165) is 12.8 Å². The Morgan fingerprint density at radius 1 is 0.905 bits per heavy atom. The van der Waals surface area contributed by atoms with Crippen LogP contribution in [0.3, 0.4) is 0 Å². The van der Waals surface area contributed by atoms with Crippen LogP contribution < -0.4 is 0 Å². The Labute approximate surface area is 126 Å². The Morgan fingerprint density at radius 3 is 1.95 bits per heavy atom. The van der Waals surface area contributed by atoms with E-state index in [1.165, 1.54) is 44.1 Å². The fourth-order valence-corrected chi connectivity index (χ4v) is 5.40. The third-order valence-electron chi connectivity index (χ3n) is 6.97. The lowest BCUT2D eigenvalue weighted by Crippen LogP contribution is -2.50. The molecule has 2 heteroatoms. The number of fused-ring (bicyclic) bond motifs is 3. The summed E-state index contributed by atoms with van der Waals surface area (Å²) in [6.45, 7) is 0. The van der Waals surface area contributed by atoms with Crippen LogP contribution in [-0.2, 0) is 14.9 Å². The zero-order valence-electron chi connectivity index (χ0n) is 12.9. The van der Waals surface area contributed by atoms with E-state index in [1.807, 2.05) is 0 Å². The first kappa shape index (κ1) is 13.4. The van der Waals surface area contributed by atoms with Gasteiger partial charge in [0.15, 0.2) is 0 Å². The van der Waals surface area contributed by atoms with Gasteiger partial charge >= 0.3 is 5.97 Å². The molecule has 0 aliphatic heterocycles. The third-order valence-corrected chi connectivity index (χ3v) is 6.97. The fraction of sp³-hybridized carbons (Fsp3) is 0.632. The van der Waals surface area contributed by atoms with Gasteiger partial charge in [0.2, 0.25) is 0 Å². The molecule has 0 heterocycles. The molecule has 4 aliphatic carbocycles. The van der Waals surface area contributed by atoms with E-state index in [4.69, 9.17) is 4.74 Å². The monoisotopic (exact) mass is 284 g/mol. The van der Waals surface area contributed by atoms with Crippen molar-refractivity contribution in [3.8, 4) is 0 Å². The summed E-state index contributed by atoms with van der Waals surface area (Å²) in [4.78, 5) is 12.3. The van der Waals surface area contributed by atoms with Crippen LogP contribution in [0.25, 0.3) is 0 Å². The largest absolute Gasteiger partial charge is 0.469 e. The number of methoxy groups -OCH3 is 1. The van der Waals surface area contributed by atoms with Gasteiger partial charge in [-0.2, -0.15) is 0 Å². The summed E-state index contributed by atoms with van der Waals surface area (Å²) in [6, 6.07) is 11.0. The van der Waals surface area contributed by atoms with E-state index in [0.29, 0.717) is 5.41 Å². The number of hydrogen-bond acceptors (Lipinski definition) is 2. The van der Waals surface area contributed by atoms with Crippen molar-refractivity contribution in [2.24, 2.45) is 10.8 Å². The van der Waals surface area contributed by atoms with Gasteiger partial charge in [0.1, 0.15) is 0 Å². The minimum atomic E-state index is -0.120. The van der Waals surface area contributed by atoms with Gasteiger partial charge in [0.25, 0.3) is 0 Å². The number of hydrogen-bond donors (Lipinski definition) is 0. The smallest absolute Gasteiger partial charge is 0.312 e. The van der Waals surface area contributed by atoms with Crippen molar-refractivity contribution in [3.05, 3.63) is 35.9 Å². The van der Waals surface area contributed by atoms with Crippen molar-refractivity contribution in [2.75, 3.05) is 7.11 Å². The molecule has 4 saturated carbocycles. The Hall–Kier alpha value is -1.31. The maximum atomic E-state index is 12.3. The third kappa shape index (κ3) is 1.68. The van der Waals surface area contributed by atoms with Crippen molar-refractivity contribution in [3.63, 3.8) is 0 Å². The molecule has 4 fully saturated rings. The first-order valence-corrected chi connectivity index (χ1v) is 8.31. The van der Waals surface area contributed by atoms with E-state index in [-0.39, 0.29) is 16.8 Å². The summed E-state index contributed by atoms with van der Waals surface area (Å²) in [5.41, 5.74) is 2.03. The van der Waals surface area contributed by atoms with Crippen molar-refractivity contribution in [2.45, 2.75) is 56.8 Å². The molecule has 0 amide bonds. The average molecular weight is 284 g/mol. The number of ether oxygens (including phenoxy) is 1. The molecule has 0 spiro atoms. The molecule has 1 aromatic carbocycles. The second kappa shape index (κ2) is 4.34. The molecule has 0 radical (unpaired) electrons. The van der Waals surface area contributed by atoms with Gasteiger partial charge in [0, 0.05) is 0 Å². The second-order valence-electron chi connectivity index (χ2n) is 7.50. The van der Waals surface area contributed by atoms with Crippen LogP contribution in [0.4, 0.5) is 0 Å². The molecule has 0 N–H and O–H groups in total. The van der Waals surface area contributed by atoms with Gasteiger partial charge < -0.3 is 4.74 Å². The molecule has 0 unspecified atom stereocenters. The molecular formula is C19H24O2. The van der Waals surface area contributed by atoms with Gasteiger partial charge in [-0.25, -0.2) is 0 Å². The van der Waals surface area contributed by atoms with E-state index in [2.05, 4.69) is 30.3 Å². The van der Waals surface area contributed by atoms with Crippen LogP contribution in [0.15, 0.2) is 30.3 Å². The van der Waals surface area contributed by atoms with Gasteiger partial charge in [-0.1, -0.05) is 30.3 Å². The lowest BCUT2D eigenvalue weighted by molar-refractivity contribution is -0.158. The van der Waals surface area contributed by atoms with Gasteiger partial charge in [-0.3, -0.25) is 4.79 Å². The molecule has 112 valence electrons. The molecule has 4 aliphatic rings. The average Bonchev–Trinajstić information content (AvgIpc) is 3.39. The highest BCUT2D eigenvalue weighted by Gasteiger charge is 2.67. The maximum Gasteiger partial charge on any atom is 0.312 e.